The lowest BCUT2D eigenvalue weighted by atomic mass is 9.71. The molecule has 2 rings (SSSR count). The van der Waals surface area contributed by atoms with Gasteiger partial charge in [0.1, 0.15) is 5.78 Å². The summed E-state index contributed by atoms with van der Waals surface area (Å²) in [4.78, 5) is 30.4. The molecule has 0 N–H and O–H groups in total. The Morgan fingerprint density at radius 2 is 0.459 bits per heavy atom. The Balaban J connectivity index is -0.0000000998. The van der Waals surface area contributed by atoms with E-state index >= 15 is 0 Å². The van der Waals surface area contributed by atoms with E-state index in [1.165, 1.54) is 18.2 Å². The molecule has 22 nitrogen and oxygen atoms in total. The Bertz CT molecular complexity index is 1590. The zero-order valence-corrected chi connectivity index (χ0v) is 89.0. The Labute approximate surface area is 764 Å². The first kappa shape index (κ1) is 149. The Morgan fingerprint density at radius 1 is 0.295 bits per heavy atom. The van der Waals surface area contributed by atoms with Crippen molar-refractivity contribution in [2.45, 2.75) is 346 Å². The van der Waals surface area contributed by atoms with Gasteiger partial charge in [-0.05, 0) is 104 Å². The zero-order valence-electron chi connectivity index (χ0n) is 88.2. The lowest BCUT2D eigenvalue weighted by Gasteiger charge is -2.34. The maximum Gasteiger partial charge on any atom is 0.305 e. The summed E-state index contributed by atoms with van der Waals surface area (Å²) in [5, 5.41) is 0.370. The molecule has 2 aliphatic rings. The molecule has 0 saturated carbocycles. The van der Waals surface area contributed by atoms with Crippen LogP contribution in [0.3, 0.4) is 0 Å². The van der Waals surface area contributed by atoms with Gasteiger partial charge in [0, 0.05) is 84.3 Å². The third-order valence-corrected chi connectivity index (χ3v) is 17.5. The van der Waals surface area contributed by atoms with E-state index in [1.807, 2.05) is 69.2 Å². The summed E-state index contributed by atoms with van der Waals surface area (Å²) in [6, 6.07) is 0. The second kappa shape index (κ2) is 137. The Hall–Kier alpha value is -1.56. The van der Waals surface area contributed by atoms with Crippen molar-refractivity contribution in [1.29, 1.82) is 0 Å². The minimum Gasteiger partial charge on any atom is -0.466 e. The maximum atomic E-state index is 10.2. The number of ether oxygens (including phenoxy) is 19. The van der Waals surface area contributed by atoms with E-state index in [1.54, 1.807) is 0 Å². The monoisotopic (exact) mass is 1790 g/mol. The molecule has 752 valence electrons. The van der Waals surface area contributed by atoms with Gasteiger partial charge in [-0.3, -0.25) is 14.4 Å². The van der Waals surface area contributed by atoms with E-state index in [2.05, 4.69) is 185 Å². The number of ketones is 1. The molecular weight excluding hydrogens is 1570 g/mol. The van der Waals surface area contributed by atoms with Crippen LogP contribution in [0.25, 0.3) is 0 Å². The largest absolute Gasteiger partial charge is 0.466 e. The molecule has 0 aromatic rings. The van der Waals surface area contributed by atoms with Gasteiger partial charge in [0.15, 0.2) is 5.12 Å². The fourth-order valence-corrected chi connectivity index (χ4v) is 6.65. The van der Waals surface area contributed by atoms with E-state index in [9.17, 15) is 14.4 Å². The molecule has 2 saturated heterocycles. The first-order valence-electron chi connectivity index (χ1n) is 48.6. The number of carbonyl (C=O) groups excluding carboxylic acids is 3. The van der Waals surface area contributed by atoms with Gasteiger partial charge in [-0.15, -0.1) is 0 Å². The molecular formula is C99H218O22S. The fourth-order valence-electron chi connectivity index (χ4n) is 5.84. The molecule has 0 aromatic carbocycles. The van der Waals surface area contributed by atoms with Crippen molar-refractivity contribution in [2.24, 2.45) is 39.9 Å². The van der Waals surface area contributed by atoms with E-state index in [0.29, 0.717) is 238 Å². The molecule has 0 aliphatic carbocycles. The number of Topliss-reactive ketones (excluding diaryl/α,β-unsaturated/α-hetero) is 1. The highest BCUT2D eigenvalue weighted by atomic mass is 32.2. The van der Waals surface area contributed by atoms with Crippen LogP contribution in [-0.4, -0.2) is 267 Å². The third kappa shape index (κ3) is 179. The van der Waals surface area contributed by atoms with Crippen LogP contribution in [0.5, 0.6) is 0 Å². The minimum absolute atomic E-state index is 0.0463. The number of rotatable bonds is 62. The SMILES string of the molecule is CC.CC.CC.CC.CC(C)(C)C(C)(C)C.CC(C)C(C)(C)C.CC(C)C(C)C.CCC(=O)CC.CCC(C)C.CCCOCCOCCOCCC.CCCOCCOCCOCCOCCC.CCCOCCOCCOCCOCCOCCC.CCCOCCOCCOCCOCCOCCOCCC.O=C1CCCO1.O=C1CCCS1. The van der Waals surface area contributed by atoms with Gasteiger partial charge in [0.2, 0.25) is 0 Å². The Morgan fingerprint density at radius 3 is 0.508 bits per heavy atom. The van der Waals surface area contributed by atoms with E-state index in [-0.39, 0.29) is 5.97 Å². The summed E-state index contributed by atoms with van der Waals surface area (Å²) in [5.74, 6) is 4.74. The lowest BCUT2D eigenvalue weighted by Crippen LogP contribution is -2.25. The molecule has 2 fully saturated rings. The highest BCUT2D eigenvalue weighted by molar-refractivity contribution is 8.14. The van der Waals surface area contributed by atoms with Gasteiger partial charge < -0.3 is 90.0 Å². The first-order valence-corrected chi connectivity index (χ1v) is 49.6. The molecule has 2 heterocycles. The van der Waals surface area contributed by atoms with Crippen molar-refractivity contribution in [2.75, 3.05) is 250 Å². The van der Waals surface area contributed by atoms with Crippen molar-refractivity contribution in [3.63, 3.8) is 0 Å². The molecule has 23 heteroatoms. The molecule has 0 atom stereocenters. The number of esters is 1. The molecule has 0 aromatic heterocycles. The van der Waals surface area contributed by atoms with Crippen LogP contribution < -0.4 is 0 Å². The predicted molar refractivity (Wildman–Crippen MR) is 523 cm³/mol. The van der Waals surface area contributed by atoms with Gasteiger partial charge in [-0.1, -0.05) is 267 Å². The van der Waals surface area contributed by atoms with Crippen LogP contribution >= 0.6 is 11.8 Å². The normalized spacial score (nSPS) is 11.6. The van der Waals surface area contributed by atoms with Crippen LogP contribution in [0.1, 0.15) is 346 Å². The van der Waals surface area contributed by atoms with E-state index < -0.39 is 0 Å². The standard InChI is InChI=1S/C16H34O6.C14H30O5.C12H26O4.C10H22O3.C8H18.C7H16.C6H14.C5H10O.C5H12.C4H6O2.C4H6OS.4C2H6/c1-3-5-17-7-9-19-11-13-21-15-16-22-14-12-20-10-8-18-6-4-2;1-3-5-15-7-9-17-11-13-19-14-12-18-10-8-16-6-4-2;1-3-5-13-7-9-15-11-12-16-10-8-14-6-4-2;1-3-5-11-7-9-13-10-8-12-6-4-2;1-7(2,3)8(4,5)6;1-6(2)7(3,4)5;1-5(2)6(3)4;1-3-5(6)4-2;1-4-5(2)3;2*5-4-2-1-3-6-4;4*1-2/h3-16H2,1-2H3;3-14H2,1-2H3;3-12H2,1-2H3;3-10H2,1-2H3;1-6H3;6H,1-5H3;5-6H,1-4H3;3-4H2,1-2H3;5H,4H2,1-3H3;2*1-3H2;4*1-2H3. The maximum absolute atomic E-state index is 10.2. The molecule has 2 aliphatic heterocycles. The van der Waals surface area contributed by atoms with E-state index in [0.717, 1.165) is 153 Å². The molecule has 0 bridgehead atoms. The average molecular weight is 1790 g/mol. The van der Waals surface area contributed by atoms with Crippen molar-refractivity contribution >= 4 is 28.6 Å². The second-order valence-corrected chi connectivity index (χ2v) is 32.4. The minimum atomic E-state index is -0.0463. The number of cyclic esters (lactones) is 1. The van der Waals surface area contributed by atoms with Gasteiger partial charge in [-0.2, -0.15) is 0 Å². The molecule has 122 heavy (non-hydrogen) atoms. The summed E-state index contributed by atoms with van der Waals surface area (Å²) < 4.78 is 100. The summed E-state index contributed by atoms with van der Waals surface area (Å²) in [6.07, 6.45) is 14.6. The quantitative estimate of drug-likeness (QED) is 0.0407. The zero-order chi connectivity index (χ0) is 96.2. The van der Waals surface area contributed by atoms with Crippen molar-refractivity contribution < 1.29 is 104 Å². The predicted octanol–water partition coefficient (Wildman–Crippen LogP) is 24.5. The van der Waals surface area contributed by atoms with Gasteiger partial charge in [0.25, 0.3) is 0 Å². The van der Waals surface area contributed by atoms with Gasteiger partial charge in [-0.25, -0.2) is 0 Å². The van der Waals surface area contributed by atoms with Crippen LogP contribution in [0, 0.1) is 39.9 Å². The molecule has 0 spiro atoms. The molecule has 0 amide bonds. The van der Waals surface area contributed by atoms with Crippen molar-refractivity contribution in [1.82, 2.24) is 0 Å². The Kier molecular flexibility index (Phi) is 168. The van der Waals surface area contributed by atoms with Gasteiger partial charge in [0.05, 0.1) is 192 Å². The van der Waals surface area contributed by atoms with Gasteiger partial charge >= 0.3 is 5.97 Å². The van der Waals surface area contributed by atoms with E-state index in [4.69, 9.17) is 85.3 Å². The summed E-state index contributed by atoms with van der Waals surface area (Å²) in [6.45, 7) is 102. The smallest absolute Gasteiger partial charge is 0.305 e. The van der Waals surface area contributed by atoms with Crippen LogP contribution in [0.2, 0.25) is 0 Å². The van der Waals surface area contributed by atoms with Crippen molar-refractivity contribution in [3.05, 3.63) is 0 Å². The van der Waals surface area contributed by atoms with Crippen LogP contribution in [-0.2, 0) is 104 Å². The summed E-state index contributed by atoms with van der Waals surface area (Å²) >= 11 is 1.46. The molecule has 0 radical (unpaired) electrons. The third-order valence-electron chi connectivity index (χ3n) is 16.5. The number of carbonyl (C=O) groups is 3. The average Bonchev–Trinajstić information content (AvgIpc) is 0.961. The molecule has 0 unspecified atom stereocenters. The topological polar surface area (TPSA) is 227 Å². The van der Waals surface area contributed by atoms with Crippen LogP contribution in [0.4, 0.5) is 0 Å². The highest BCUT2D eigenvalue weighted by Gasteiger charge is 2.27. The number of hydrogen-bond donors (Lipinski definition) is 0. The fraction of sp³-hybridized carbons (Fsp3) is 0.970. The number of thioether (sulfide) groups is 1. The highest BCUT2D eigenvalue weighted by Crippen LogP contribution is 2.36. The first-order chi connectivity index (χ1) is 58.4. The summed E-state index contributed by atoms with van der Waals surface area (Å²) in [5.41, 5.74) is 1.38. The lowest BCUT2D eigenvalue weighted by molar-refractivity contribution is -0.138. The van der Waals surface area contributed by atoms with Crippen LogP contribution in [0.15, 0.2) is 0 Å². The second-order valence-electron chi connectivity index (χ2n) is 31.2. The number of hydrogen-bond acceptors (Lipinski definition) is 23. The van der Waals surface area contributed by atoms with Crippen molar-refractivity contribution in [3.8, 4) is 0 Å². The summed E-state index contributed by atoms with van der Waals surface area (Å²) in [7, 11) is 0.